The number of anilines is 1. The molecular weight excluding hydrogens is 301 g/mol. The Balaban J connectivity index is 2.16. The molecule has 0 aliphatic heterocycles. The van der Waals surface area contributed by atoms with Crippen LogP contribution in [-0.4, -0.2) is 10.9 Å². The van der Waals surface area contributed by atoms with Crippen LogP contribution in [0.25, 0.3) is 0 Å². The van der Waals surface area contributed by atoms with Gasteiger partial charge in [-0.3, -0.25) is 4.79 Å². The molecule has 7 heteroatoms. The number of halogens is 4. The van der Waals surface area contributed by atoms with E-state index in [0.29, 0.717) is 0 Å². The zero-order chi connectivity index (χ0) is 12.6. The Hall–Kier alpha value is -1.11. The number of alkyl halides is 3. The highest BCUT2D eigenvalue weighted by Gasteiger charge is 2.33. The minimum absolute atomic E-state index is 0.0100. The average molecular weight is 309 g/mol. The number of hydrogen-bond acceptors (Lipinski definition) is 2. The fourth-order valence-electron chi connectivity index (χ4n) is 1.27. The molecular formula is C10H8BrF3N2O. The van der Waals surface area contributed by atoms with Crippen molar-refractivity contribution in [1.29, 1.82) is 0 Å². The van der Waals surface area contributed by atoms with E-state index < -0.39 is 11.9 Å². The van der Waals surface area contributed by atoms with Crippen molar-refractivity contribution in [2.45, 2.75) is 19.0 Å². The summed E-state index contributed by atoms with van der Waals surface area (Å²) in [5, 5.41) is 2.54. The zero-order valence-corrected chi connectivity index (χ0v) is 10.1. The predicted octanol–water partition coefficient (Wildman–Crippen LogP) is 3.21. The topological polar surface area (TPSA) is 42.0 Å². The van der Waals surface area contributed by atoms with E-state index in [2.05, 4.69) is 26.2 Å². The van der Waals surface area contributed by atoms with Gasteiger partial charge in [0, 0.05) is 5.92 Å². The van der Waals surface area contributed by atoms with Crippen LogP contribution in [0.5, 0.6) is 0 Å². The number of carbonyl (C=O) groups is 1. The number of amides is 1. The van der Waals surface area contributed by atoms with Crippen molar-refractivity contribution in [2.24, 2.45) is 5.92 Å². The molecule has 1 amide bonds. The van der Waals surface area contributed by atoms with Crippen LogP contribution in [-0.2, 0) is 11.0 Å². The van der Waals surface area contributed by atoms with Gasteiger partial charge in [-0.1, -0.05) is 0 Å². The van der Waals surface area contributed by atoms with Crippen molar-refractivity contribution in [3.8, 4) is 0 Å². The van der Waals surface area contributed by atoms with Crippen LogP contribution in [0.1, 0.15) is 18.5 Å². The van der Waals surface area contributed by atoms with Gasteiger partial charge in [0.15, 0.2) is 0 Å². The lowest BCUT2D eigenvalue weighted by atomic mass is 10.3. The molecule has 0 aromatic carbocycles. The number of nitrogens with zero attached hydrogens (tertiary/aromatic N) is 1. The molecule has 1 aliphatic carbocycles. The van der Waals surface area contributed by atoms with Crippen molar-refractivity contribution in [1.82, 2.24) is 4.98 Å². The van der Waals surface area contributed by atoms with Crippen LogP contribution in [0.15, 0.2) is 16.7 Å². The fraction of sp³-hybridized carbons (Fsp3) is 0.400. The normalized spacial score (nSPS) is 15.8. The Morgan fingerprint density at radius 3 is 2.53 bits per heavy atom. The molecule has 1 saturated carbocycles. The van der Waals surface area contributed by atoms with E-state index >= 15 is 0 Å². The van der Waals surface area contributed by atoms with Gasteiger partial charge in [-0.15, -0.1) is 0 Å². The van der Waals surface area contributed by atoms with E-state index in [4.69, 9.17) is 0 Å². The first kappa shape index (κ1) is 12.3. The zero-order valence-electron chi connectivity index (χ0n) is 8.51. The summed E-state index contributed by atoms with van der Waals surface area (Å²) in [6.45, 7) is 0. The molecule has 0 spiro atoms. The summed E-state index contributed by atoms with van der Waals surface area (Å²) in [6, 6.07) is 2.04. The van der Waals surface area contributed by atoms with E-state index in [9.17, 15) is 18.0 Å². The number of pyridine rings is 1. The number of aromatic nitrogens is 1. The summed E-state index contributed by atoms with van der Waals surface area (Å²) in [5.74, 6) is -0.184. The molecule has 0 saturated heterocycles. The van der Waals surface area contributed by atoms with Crippen molar-refractivity contribution >= 4 is 27.5 Å². The molecule has 2 rings (SSSR count). The van der Waals surface area contributed by atoms with Crippen molar-refractivity contribution < 1.29 is 18.0 Å². The molecule has 0 bridgehead atoms. The van der Waals surface area contributed by atoms with Gasteiger partial charge in [0.2, 0.25) is 5.91 Å². The first-order valence-electron chi connectivity index (χ1n) is 4.92. The third-order valence-electron chi connectivity index (χ3n) is 2.35. The largest absolute Gasteiger partial charge is 0.433 e. The van der Waals surface area contributed by atoms with Crippen LogP contribution < -0.4 is 5.32 Å². The molecule has 1 aromatic rings. The number of rotatable bonds is 2. The highest BCUT2D eigenvalue weighted by Crippen LogP contribution is 2.33. The third-order valence-corrected chi connectivity index (χ3v) is 2.95. The Morgan fingerprint density at radius 1 is 1.41 bits per heavy atom. The monoisotopic (exact) mass is 308 g/mol. The minimum Gasteiger partial charge on any atom is -0.324 e. The van der Waals surface area contributed by atoms with E-state index in [-0.39, 0.29) is 22.1 Å². The standard InChI is InChI=1S/C10H8BrF3N2O/c11-8-6(15-9(17)5-1-2-5)3-4-7(16-8)10(12,13)14/h3-5H,1-2H2,(H,15,17). The second-order valence-corrected chi connectivity index (χ2v) is 4.55. The van der Waals surface area contributed by atoms with Crippen LogP contribution in [0.4, 0.5) is 18.9 Å². The average Bonchev–Trinajstić information content (AvgIpc) is 3.02. The molecule has 1 aromatic heterocycles. The Labute approximate surface area is 104 Å². The summed E-state index contributed by atoms with van der Waals surface area (Å²) in [7, 11) is 0. The molecule has 1 fully saturated rings. The maximum Gasteiger partial charge on any atom is 0.433 e. The van der Waals surface area contributed by atoms with Crippen LogP contribution in [0.3, 0.4) is 0 Å². The molecule has 1 N–H and O–H groups in total. The Kier molecular flexibility index (Phi) is 3.11. The molecule has 92 valence electrons. The summed E-state index contributed by atoms with van der Waals surface area (Å²) >= 11 is 2.91. The first-order chi connectivity index (χ1) is 7.88. The lowest BCUT2D eigenvalue weighted by Gasteiger charge is -2.09. The Morgan fingerprint density at radius 2 is 2.06 bits per heavy atom. The highest BCUT2D eigenvalue weighted by atomic mass is 79.9. The second kappa shape index (κ2) is 4.29. The fourth-order valence-corrected chi connectivity index (χ4v) is 1.69. The maximum atomic E-state index is 12.3. The first-order valence-corrected chi connectivity index (χ1v) is 5.72. The third kappa shape index (κ3) is 2.96. The minimum atomic E-state index is -4.48. The van der Waals surface area contributed by atoms with Gasteiger partial charge in [0.1, 0.15) is 10.3 Å². The van der Waals surface area contributed by atoms with Crippen LogP contribution in [0.2, 0.25) is 0 Å². The SMILES string of the molecule is O=C(Nc1ccc(C(F)(F)F)nc1Br)C1CC1. The summed E-state index contributed by atoms with van der Waals surface area (Å²) in [6.07, 6.45) is -2.82. The molecule has 1 aliphatic rings. The summed E-state index contributed by atoms with van der Waals surface area (Å²) in [4.78, 5) is 14.8. The van der Waals surface area contributed by atoms with Gasteiger partial charge in [-0.05, 0) is 40.9 Å². The molecule has 0 unspecified atom stereocenters. The van der Waals surface area contributed by atoms with E-state index in [1.165, 1.54) is 6.07 Å². The van der Waals surface area contributed by atoms with Crippen molar-refractivity contribution in [3.63, 3.8) is 0 Å². The summed E-state index contributed by atoms with van der Waals surface area (Å²) in [5.41, 5.74) is -0.733. The molecule has 0 atom stereocenters. The quantitative estimate of drug-likeness (QED) is 0.852. The number of carbonyl (C=O) groups excluding carboxylic acids is 1. The van der Waals surface area contributed by atoms with E-state index in [1.807, 2.05) is 0 Å². The van der Waals surface area contributed by atoms with Gasteiger partial charge in [-0.2, -0.15) is 13.2 Å². The van der Waals surface area contributed by atoms with Crippen molar-refractivity contribution in [3.05, 3.63) is 22.4 Å². The van der Waals surface area contributed by atoms with Gasteiger partial charge in [-0.25, -0.2) is 4.98 Å². The molecule has 0 radical (unpaired) electrons. The number of nitrogens with one attached hydrogen (secondary N) is 1. The van der Waals surface area contributed by atoms with Crippen LogP contribution >= 0.6 is 15.9 Å². The summed E-state index contributed by atoms with van der Waals surface area (Å²) < 4.78 is 37.0. The van der Waals surface area contributed by atoms with Crippen molar-refractivity contribution in [2.75, 3.05) is 5.32 Å². The Bertz CT molecular complexity index is 457. The second-order valence-electron chi connectivity index (χ2n) is 3.80. The lowest BCUT2D eigenvalue weighted by molar-refractivity contribution is -0.141. The highest BCUT2D eigenvalue weighted by molar-refractivity contribution is 9.10. The smallest absolute Gasteiger partial charge is 0.324 e. The van der Waals surface area contributed by atoms with E-state index in [1.54, 1.807) is 0 Å². The predicted molar refractivity (Wildman–Crippen MR) is 58.3 cm³/mol. The lowest BCUT2D eigenvalue weighted by Crippen LogP contribution is -2.15. The van der Waals surface area contributed by atoms with Gasteiger partial charge in [0.05, 0.1) is 5.69 Å². The van der Waals surface area contributed by atoms with Gasteiger partial charge < -0.3 is 5.32 Å². The maximum absolute atomic E-state index is 12.3. The van der Waals surface area contributed by atoms with Gasteiger partial charge in [0.25, 0.3) is 0 Å². The molecule has 1 heterocycles. The molecule has 3 nitrogen and oxygen atoms in total. The van der Waals surface area contributed by atoms with E-state index in [0.717, 1.165) is 18.9 Å². The number of hydrogen-bond donors (Lipinski definition) is 1. The molecule has 17 heavy (non-hydrogen) atoms. The van der Waals surface area contributed by atoms with Crippen LogP contribution in [0, 0.1) is 5.92 Å². The van der Waals surface area contributed by atoms with Gasteiger partial charge >= 0.3 is 6.18 Å².